The summed E-state index contributed by atoms with van der Waals surface area (Å²) in [5.74, 6) is -12.3. The maximum Gasteiger partial charge on any atom is 0.323 e. The second kappa shape index (κ2) is 6.84. The Labute approximate surface area is 155 Å². The highest BCUT2D eigenvalue weighted by Gasteiger charge is 2.52. The third kappa shape index (κ3) is 2.71. The molecule has 1 heterocycles. The van der Waals surface area contributed by atoms with Crippen LogP contribution >= 0.6 is 0 Å². The molecule has 0 fully saturated rings. The van der Waals surface area contributed by atoms with Gasteiger partial charge in [-0.1, -0.05) is 0 Å². The zero-order valence-corrected chi connectivity index (χ0v) is 14.5. The summed E-state index contributed by atoms with van der Waals surface area (Å²) < 4.78 is 77.6. The predicted molar refractivity (Wildman–Crippen MR) is 83.3 cm³/mol. The Morgan fingerprint density at radius 2 is 1.32 bits per heavy atom. The smallest absolute Gasteiger partial charge is 0.323 e. The quantitative estimate of drug-likeness (QED) is 0.260. The fourth-order valence-electron chi connectivity index (χ4n) is 3.29. The highest BCUT2D eigenvalue weighted by molar-refractivity contribution is 6.01. The Kier molecular flexibility index (Phi) is 4.82. The van der Waals surface area contributed by atoms with Gasteiger partial charge in [-0.3, -0.25) is 14.6 Å². The molecule has 5 nitrogen and oxygen atoms in total. The summed E-state index contributed by atoms with van der Waals surface area (Å²) in [6.07, 6.45) is 0.717. The second-order valence-electron chi connectivity index (χ2n) is 6.20. The molecule has 0 saturated heterocycles. The summed E-state index contributed by atoms with van der Waals surface area (Å²) in [5, 5.41) is 0. The molecular formula is C18H12F5NO4. The summed E-state index contributed by atoms with van der Waals surface area (Å²) in [6.45, 7) is 0. The molecule has 1 aliphatic rings. The molecular weight excluding hydrogens is 389 g/mol. The lowest BCUT2D eigenvalue weighted by atomic mass is 9.85. The van der Waals surface area contributed by atoms with Crippen LogP contribution in [0.3, 0.4) is 0 Å². The molecule has 3 rings (SSSR count). The summed E-state index contributed by atoms with van der Waals surface area (Å²) in [4.78, 5) is 28.1. The number of pyridine rings is 1. The summed E-state index contributed by atoms with van der Waals surface area (Å²) in [7, 11) is 2.16. The van der Waals surface area contributed by atoms with Gasteiger partial charge >= 0.3 is 11.9 Å². The van der Waals surface area contributed by atoms with E-state index in [9.17, 15) is 31.5 Å². The van der Waals surface area contributed by atoms with Crippen LogP contribution in [0.5, 0.6) is 0 Å². The van der Waals surface area contributed by atoms with Crippen molar-refractivity contribution in [2.75, 3.05) is 14.2 Å². The van der Waals surface area contributed by atoms with Gasteiger partial charge in [0.2, 0.25) is 5.82 Å². The number of hydrogen-bond donors (Lipinski definition) is 0. The lowest BCUT2D eigenvalue weighted by Crippen LogP contribution is -2.42. The van der Waals surface area contributed by atoms with Crippen LogP contribution in [0.2, 0.25) is 0 Å². The topological polar surface area (TPSA) is 65.5 Å². The maximum atomic E-state index is 14.0. The number of halogens is 5. The predicted octanol–water partition coefficient (Wildman–Crippen LogP) is 2.88. The Balaban J connectivity index is 2.13. The summed E-state index contributed by atoms with van der Waals surface area (Å²) in [5.41, 5.74) is -2.80. The van der Waals surface area contributed by atoms with Gasteiger partial charge in [0.25, 0.3) is 0 Å². The lowest BCUT2D eigenvalue weighted by Gasteiger charge is -2.22. The average molecular weight is 401 g/mol. The van der Waals surface area contributed by atoms with Crippen molar-refractivity contribution >= 4 is 11.9 Å². The fraction of sp³-hybridized carbons (Fsp3) is 0.278. The Morgan fingerprint density at radius 3 is 1.82 bits per heavy atom. The average Bonchev–Trinajstić information content (AvgIpc) is 3.09. The Hall–Kier alpha value is -3.04. The van der Waals surface area contributed by atoms with E-state index in [-0.39, 0.29) is 18.4 Å². The van der Waals surface area contributed by atoms with E-state index in [4.69, 9.17) is 0 Å². The number of carbonyl (C=O) groups excluding carboxylic acids is 2. The van der Waals surface area contributed by atoms with Crippen molar-refractivity contribution in [1.82, 2.24) is 4.98 Å². The number of methoxy groups -OCH3 is 2. The van der Waals surface area contributed by atoms with Crippen LogP contribution in [0, 0.1) is 34.5 Å². The van der Waals surface area contributed by atoms with Crippen LogP contribution < -0.4 is 0 Å². The number of hydrogen-bond acceptors (Lipinski definition) is 5. The molecule has 1 aromatic heterocycles. The van der Waals surface area contributed by atoms with Gasteiger partial charge in [0.05, 0.1) is 25.5 Å². The molecule has 0 N–H and O–H groups in total. The SMILES string of the molecule is COC(=O)C1(C(=O)OC)Cc2cnc(-c3c(F)c(F)c(F)c(F)c3F)cc2C1. The molecule has 2 aromatic rings. The number of nitrogens with zero attached hydrogens (tertiary/aromatic N) is 1. The fourth-order valence-corrected chi connectivity index (χ4v) is 3.29. The lowest BCUT2D eigenvalue weighted by molar-refractivity contribution is -0.168. The number of benzene rings is 1. The monoisotopic (exact) mass is 401 g/mol. The number of carbonyl (C=O) groups is 2. The van der Waals surface area contributed by atoms with E-state index in [0.29, 0.717) is 5.56 Å². The minimum Gasteiger partial charge on any atom is -0.468 e. The Morgan fingerprint density at radius 1 is 0.857 bits per heavy atom. The van der Waals surface area contributed by atoms with E-state index in [1.807, 2.05) is 0 Å². The van der Waals surface area contributed by atoms with Crippen LogP contribution in [0.1, 0.15) is 11.1 Å². The molecule has 0 atom stereocenters. The van der Waals surface area contributed by atoms with Crippen molar-refractivity contribution in [1.29, 1.82) is 0 Å². The molecule has 0 aliphatic heterocycles. The van der Waals surface area contributed by atoms with Gasteiger partial charge in [-0.25, -0.2) is 22.0 Å². The third-order valence-corrected chi connectivity index (χ3v) is 4.69. The largest absolute Gasteiger partial charge is 0.468 e. The van der Waals surface area contributed by atoms with Crippen molar-refractivity contribution in [3.05, 3.63) is 52.5 Å². The third-order valence-electron chi connectivity index (χ3n) is 4.69. The molecule has 1 aromatic carbocycles. The van der Waals surface area contributed by atoms with E-state index in [2.05, 4.69) is 14.5 Å². The Bertz CT molecular complexity index is 963. The molecule has 28 heavy (non-hydrogen) atoms. The van der Waals surface area contributed by atoms with Crippen molar-refractivity contribution in [3.8, 4) is 11.3 Å². The first-order valence-electron chi connectivity index (χ1n) is 7.84. The van der Waals surface area contributed by atoms with Gasteiger partial charge in [0.15, 0.2) is 28.7 Å². The van der Waals surface area contributed by atoms with Gasteiger partial charge < -0.3 is 9.47 Å². The summed E-state index contributed by atoms with van der Waals surface area (Å²) >= 11 is 0. The number of ether oxygens (including phenoxy) is 2. The highest BCUT2D eigenvalue weighted by Crippen LogP contribution is 2.41. The van der Waals surface area contributed by atoms with Crippen molar-refractivity contribution in [3.63, 3.8) is 0 Å². The zero-order valence-electron chi connectivity index (χ0n) is 14.5. The van der Waals surface area contributed by atoms with Gasteiger partial charge in [-0.2, -0.15) is 0 Å². The zero-order chi connectivity index (χ0) is 20.8. The molecule has 0 unspecified atom stereocenters. The molecule has 148 valence electrons. The van der Waals surface area contributed by atoms with Crippen LogP contribution in [-0.4, -0.2) is 31.1 Å². The first-order valence-corrected chi connectivity index (χ1v) is 7.84. The number of esters is 2. The van der Waals surface area contributed by atoms with Gasteiger partial charge in [0, 0.05) is 12.6 Å². The van der Waals surface area contributed by atoms with Crippen LogP contribution in [0.25, 0.3) is 11.3 Å². The van der Waals surface area contributed by atoms with Crippen LogP contribution in [-0.2, 0) is 31.9 Å². The molecule has 1 aliphatic carbocycles. The van der Waals surface area contributed by atoms with E-state index in [1.54, 1.807) is 0 Å². The summed E-state index contributed by atoms with van der Waals surface area (Å²) in [6, 6.07) is 1.07. The minimum atomic E-state index is -2.28. The molecule has 0 saturated carbocycles. The molecule has 0 spiro atoms. The van der Waals surface area contributed by atoms with Gasteiger partial charge in [0.1, 0.15) is 0 Å². The molecule has 0 radical (unpaired) electrons. The van der Waals surface area contributed by atoms with E-state index in [1.165, 1.54) is 0 Å². The second-order valence-corrected chi connectivity index (χ2v) is 6.20. The normalized spacial score (nSPS) is 14.5. The first kappa shape index (κ1) is 19.7. The number of rotatable bonds is 3. The molecule has 0 amide bonds. The van der Waals surface area contributed by atoms with Crippen LogP contribution in [0.4, 0.5) is 22.0 Å². The highest BCUT2D eigenvalue weighted by atomic mass is 19.2. The van der Waals surface area contributed by atoms with Crippen molar-refractivity contribution in [2.45, 2.75) is 12.8 Å². The van der Waals surface area contributed by atoms with Gasteiger partial charge in [-0.15, -0.1) is 0 Å². The standard InChI is InChI=1S/C18H12F5NO4/c1-27-16(25)18(17(26)28-2)4-7-3-9(24-6-8(7)5-18)10-11(19)13(21)15(23)14(22)12(10)20/h3,6H,4-5H2,1-2H3. The van der Waals surface area contributed by atoms with E-state index in [0.717, 1.165) is 26.5 Å². The van der Waals surface area contributed by atoms with Gasteiger partial charge in [-0.05, 0) is 23.6 Å². The van der Waals surface area contributed by atoms with Crippen molar-refractivity contribution < 1.29 is 41.0 Å². The molecule has 10 heteroatoms. The number of fused-ring (bicyclic) bond motifs is 1. The van der Waals surface area contributed by atoms with Crippen molar-refractivity contribution in [2.24, 2.45) is 5.41 Å². The van der Waals surface area contributed by atoms with E-state index < -0.39 is 57.7 Å². The first-order chi connectivity index (χ1) is 13.2. The molecule has 0 bridgehead atoms. The maximum absolute atomic E-state index is 14.0. The number of aromatic nitrogens is 1. The minimum absolute atomic E-state index is 0.147. The van der Waals surface area contributed by atoms with E-state index >= 15 is 0 Å². The van der Waals surface area contributed by atoms with Crippen LogP contribution in [0.15, 0.2) is 12.3 Å².